The molecule has 0 saturated carbocycles. The Labute approximate surface area is 173 Å². The van der Waals surface area contributed by atoms with Gasteiger partial charge in [-0.25, -0.2) is 4.79 Å². The third kappa shape index (κ3) is 5.15. The minimum Gasteiger partial charge on any atom is -0.496 e. The van der Waals surface area contributed by atoms with Crippen molar-refractivity contribution in [2.75, 3.05) is 32.1 Å². The van der Waals surface area contributed by atoms with Crippen molar-refractivity contribution in [3.63, 3.8) is 0 Å². The fourth-order valence-electron chi connectivity index (χ4n) is 3.38. The molecule has 1 fully saturated rings. The van der Waals surface area contributed by atoms with Crippen LogP contribution in [-0.4, -0.2) is 37.7 Å². The largest absolute Gasteiger partial charge is 0.496 e. The second-order valence-corrected chi connectivity index (χ2v) is 7.78. The summed E-state index contributed by atoms with van der Waals surface area (Å²) in [5, 5.41) is 6.28. The number of carbonyl (C=O) groups is 1. The Hall–Kier alpha value is -1.76. The van der Waals surface area contributed by atoms with Crippen LogP contribution in [0.5, 0.6) is 5.75 Å². The minimum atomic E-state index is -0.279. The summed E-state index contributed by atoms with van der Waals surface area (Å²) in [5.74, 6) is 0.840. The molecule has 0 bridgehead atoms. The van der Waals surface area contributed by atoms with Crippen LogP contribution in [0, 0.1) is 0 Å². The molecule has 1 unspecified atom stereocenters. The van der Waals surface area contributed by atoms with Crippen LogP contribution < -0.4 is 15.4 Å². The summed E-state index contributed by atoms with van der Waals surface area (Å²) in [6.45, 7) is 2.52. The fourth-order valence-corrected chi connectivity index (χ4v) is 4.10. The average molecular weight is 453 g/mol. The van der Waals surface area contributed by atoms with Crippen molar-refractivity contribution in [2.24, 2.45) is 0 Å². The zero-order chi connectivity index (χ0) is 19.2. The molecule has 3 rings (SSSR count). The molecule has 5 nitrogen and oxygen atoms in total. The van der Waals surface area contributed by atoms with Crippen LogP contribution in [0.1, 0.15) is 24.4 Å². The highest BCUT2D eigenvalue weighted by Crippen LogP contribution is 2.31. The number of rotatable bonds is 6. The SMILES string of the molecule is COc1ccccc1C(CNC(=O)Nc1ccc(Br)cc1Cl)N1CCCC1. The van der Waals surface area contributed by atoms with Crippen LogP contribution in [0.2, 0.25) is 5.02 Å². The van der Waals surface area contributed by atoms with Gasteiger partial charge in [-0.2, -0.15) is 0 Å². The predicted molar refractivity (Wildman–Crippen MR) is 113 cm³/mol. The Bertz CT molecular complexity index is 797. The van der Waals surface area contributed by atoms with Crippen LogP contribution in [0.3, 0.4) is 0 Å². The Morgan fingerprint density at radius 1 is 1.26 bits per heavy atom. The Balaban J connectivity index is 1.70. The molecule has 1 atom stereocenters. The summed E-state index contributed by atoms with van der Waals surface area (Å²) in [4.78, 5) is 14.8. The number of methoxy groups -OCH3 is 1. The number of hydrogen-bond donors (Lipinski definition) is 2. The molecule has 2 N–H and O–H groups in total. The quantitative estimate of drug-likeness (QED) is 0.643. The summed E-state index contributed by atoms with van der Waals surface area (Å²) in [6.07, 6.45) is 2.35. The highest BCUT2D eigenvalue weighted by atomic mass is 79.9. The first-order valence-corrected chi connectivity index (χ1v) is 10.1. The van der Waals surface area contributed by atoms with E-state index in [9.17, 15) is 4.79 Å². The summed E-state index contributed by atoms with van der Waals surface area (Å²) < 4.78 is 6.40. The van der Waals surface area contributed by atoms with E-state index in [2.05, 4.69) is 37.5 Å². The van der Waals surface area contributed by atoms with Gasteiger partial charge in [0.25, 0.3) is 0 Å². The van der Waals surface area contributed by atoms with Gasteiger partial charge in [0.2, 0.25) is 0 Å². The lowest BCUT2D eigenvalue weighted by molar-refractivity contribution is 0.224. The van der Waals surface area contributed by atoms with E-state index < -0.39 is 0 Å². The molecule has 0 spiro atoms. The van der Waals surface area contributed by atoms with Crippen molar-refractivity contribution in [3.8, 4) is 5.75 Å². The van der Waals surface area contributed by atoms with Gasteiger partial charge < -0.3 is 15.4 Å². The number of halogens is 2. The third-order valence-electron chi connectivity index (χ3n) is 4.71. The van der Waals surface area contributed by atoms with E-state index in [1.165, 1.54) is 12.8 Å². The van der Waals surface area contributed by atoms with E-state index >= 15 is 0 Å². The lowest BCUT2D eigenvalue weighted by atomic mass is 10.0. The molecule has 7 heteroatoms. The Morgan fingerprint density at radius 2 is 2.00 bits per heavy atom. The standard InChI is InChI=1S/C20H23BrClN3O2/c1-27-19-7-3-2-6-15(19)18(25-10-4-5-11-25)13-23-20(26)24-17-9-8-14(21)12-16(17)22/h2-3,6-9,12,18H,4-5,10-11,13H2,1H3,(H2,23,24,26). The smallest absolute Gasteiger partial charge is 0.319 e. The molecular formula is C20H23BrClN3O2. The number of para-hydroxylation sites is 1. The number of nitrogens with zero attached hydrogens (tertiary/aromatic N) is 1. The molecule has 1 aliphatic rings. The van der Waals surface area contributed by atoms with Crippen LogP contribution in [0.15, 0.2) is 46.9 Å². The number of ether oxygens (including phenoxy) is 1. The van der Waals surface area contributed by atoms with Crippen molar-refractivity contribution in [3.05, 3.63) is 57.5 Å². The first-order valence-electron chi connectivity index (χ1n) is 8.95. The maximum absolute atomic E-state index is 12.4. The van der Waals surface area contributed by atoms with Crippen molar-refractivity contribution >= 4 is 39.2 Å². The van der Waals surface area contributed by atoms with Crippen molar-refractivity contribution in [1.82, 2.24) is 10.2 Å². The normalized spacial score (nSPS) is 15.4. The van der Waals surface area contributed by atoms with Gasteiger partial charge in [0, 0.05) is 16.6 Å². The first-order chi connectivity index (χ1) is 13.1. The summed E-state index contributed by atoms with van der Waals surface area (Å²) in [7, 11) is 1.68. The number of anilines is 1. The maximum Gasteiger partial charge on any atom is 0.319 e. The summed E-state index contributed by atoms with van der Waals surface area (Å²) in [6, 6.07) is 13.1. The van der Waals surface area contributed by atoms with Gasteiger partial charge in [-0.15, -0.1) is 0 Å². The number of carbonyl (C=O) groups excluding carboxylic acids is 1. The molecular weight excluding hydrogens is 430 g/mol. The number of likely N-dealkylation sites (tertiary alicyclic amines) is 1. The second kappa shape index (κ2) is 9.44. The van der Waals surface area contributed by atoms with Gasteiger partial charge in [0.1, 0.15) is 5.75 Å². The van der Waals surface area contributed by atoms with Gasteiger partial charge in [-0.1, -0.05) is 45.7 Å². The van der Waals surface area contributed by atoms with Gasteiger partial charge in [0.05, 0.1) is 23.9 Å². The second-order valence-electron chi connectivity index (χ2n) is 6.46. The zero-order valence-electron chi connectivity index (χ0n) is 15.2. The van der Waals surface area contributed by atoms with Crippen molar-refractivity contribution in [2.45, 2.75) is 18.9 Å². The van der Waals surface area contributed by atoms with Gasteiger partial charge in [-0.05, 0) is 50.2 Å². The topological polar surface area (TPSA) is 53.6 Å². The van der Waals surface area contributed by atoms with Crippen molar-refractivity contribution in [1.29, 1.82) is 0 Å². The molecule has 0 aliphatic carbocycles. The number of nitrogens with one attached hydrogen (secondary N) is 2. The number of benzene rings is 2. The molecule has 0 aromatic heterocycles. The number of amides is 2. The Kier molecular flexibility index (Phi) is 6.99. The summed E-state index contributed by atoms with van der Waals surface area (Å²) >= 11 is 9.54. The van der Waals surface area contributed by atoms with Gasteiger partial charge in [-0.3, -0.25) is 4.90 Å². The van der Waals surface area contributed by atoms with Crippen LogP contribution in [0.4, 0.5) is 10.5 Å². The lowest BCUT2D eigenvalue weighted by Crippen LogP contribution is -2.38. The molecule has 1 aliphatic heterocycles. The molecule has 0 radical (unpaired) electrons. The monoisotopic (exact) mass is 451 g/mol. The molecule has 2 amide bonds. The molecule has 2 aromatic carbocycles. The first kappa shape index (κ1) is 20.0. The molecule has 2 aromatic rings. The van der Waals surface area contributed by atoms with E-state index in [0.717, 1.165) is 28.9 Å². The van der Waals surface area contributed by atoms with Gasteiger partial charge in [0.15, 0.2) is 0 Å². The van der Waals surface area contributed by atoms with Crippen LogP contribution in [-0.2, 0) is 0 Å². The van der Waals surface area contributed by atoms with Crippen LogP contribution >= 0.6 is 27.5 Å². The zero-order valence-corrected chi connectivity index (χ0v) is 17.5. The Morgan fingerprint density at radius 3 is 2.70 bits per heavy atom. The number of hydrogen-bond acceptors (Lipinski definition) is 3. The number of urea groups is 1. The maximum atomic E-state index is 12.4. The van der Waals surface area contributed by atoms with Crippen LogP contribution in [0.25, 0.3) is 0 Å². The molecule has 27 heavy (non-hydrogen) atoms. The molecule has 1 heterocycles. The van der Waals surface area contributed by atoms with E-state index in [4.69, 9.17) is 16.3 Å². The highest BCUT2D eigenvalue weighted by Gasteiger charge is 2.26. The third-order valence-corrected chi connectivity index (χ3v) is 5.52. The molecule has 144 valence electrons. The minimum absolute atomic E-state index is 0.0646. The average Bonchev–Trinajstić information content (AvgIpc) is 3.19. The van der Waals surface area contributed by atoms with Gasteiger partial charge >= 0.3 is 6.03 Å². The van der Waals surface area contributed by atoms with E-state index in [0.29, 0.717) is 17.3 Å². The molecule has 1 saturated heterocycles. The van der Waals surface area contributed by atoms with E-state index in [1.54, 1.807) is 19.2 Å². The predicted octanol–water partition coefficient (Wildman–Crippen LogP) is 5.07. The highest BCUT2D eigenvalue weighted by molar-refractivity contribution is 9.10. The van der Waals surface area contributed by atoms with Crippen molar-refractivity contribution < 1.29 is 9.53 Å². The lowest BCUT2D eigenvalue weighted by Gasteiger charge is -2.29. The fraction of sp³-hybridized carbons (Fsp3) is 0.350. The van der Waals surface area contributed by atoms with E-state index in [1.807, 2.05) is 24.3 Å². The van der Waals surface area contributed by atoms with E-state index in [-0.39, 0.29) is 12.1 Å². The summed E-state index contributed by atoms with van der Waals surface area (Å²) in [5.41, 5.74) is 1.66.